The van der Waals surface area contributed by atoms with Gasteiger partial charge in [-0.05, 0) is 84.5 Å². The number of hydrogen-bond acceptors (Lipinski definition) is 3. The van der Waals surface area contributed by atoms with Crippen molar-refractivity contribution in [3.05, 3.63) is 29.3 Å². The van der Waals surface area contributed by atoms with E-state index < -0.39 is 0 Å². The van der Waals surface area contributed by atoms with Crippen LogP contribution in [0.25, 0.3) is 0 Å². The maximum absolute atomic E-state index is 10.4. The van der Waals surface area contributed by atoms with E-state index in [4.69, 9.17) is 4.74 Å². The van der Waals surface area contributed by atoms with Gasteiger partial charge in [0, 0.05) is 13.0 Å². The third-order valence-electron chi connectivity index (χ3n) is 7.86. The summed E-state index contributed by atoms with van der Waals surface area (Å²) in [6, 6.07) is 5.99. The van der Waals surface area contributed by atoms with Crippen LogP contribution < -0.4 is 0 Å². The molecular formula is C20H26O3. The van der Waals surface area contributed by atoms with Gasteiger partial charge in [-0.3, -0.25) is 0 Å². The Labute approximate surface area is 137 Å². The molecule has 2 spiro atoms. The molecule has 1 aromatic carbocycles. The average Bonchev–Trinajstić information content (AvgIpc) is 3.09. The lowest BCUT2D eigenvalue weighted by atomic mass is 9.58. The van der Waals surface area contributed by atoms with Gasteiger partial charge in [0.05, 0.1) is 12.7 Å². The highest BCUT2D eigenvalue weighted by Gasteiger charge is 2.77. The van der Waals surface area contributed by atoms with Gasteiger partial charge >= 0.3 is 0 Å². The topological polar surface area (TPSA) is 49.7 Å². The van der Waals surface area contributed by atoms with Crippen molar-refractivity contribution < 1.29 is 14.9 Å². The lowest BCUT2D eigenvalue weighted by molar-refractivity contribution is 0.0464. The van der Waals surface area contributed by atoms with E-state index in [0.29, 0.717) is 34.3 Å². The van der Waals surface area contributed by atoms with Crippen LogP contribution in [-0.2, 0) is 4.74 Å². The quantitative estimate of drug-likeness (QED) is 0.877. The number of rotatable bonds is 2. The molecule has 124 valence electrons. The SMILES string of the molecule is COCC1CC23CC24CCC(O)C4CCC3c2ccc(O)cc21. The summed E-state index contributed by atoms with van der Waals surface area (Å²) in [7, 11) is 1.78. The fourth-order valence-corrected chi connectivity index (χ4v) is 7.08. The molecule has 0 amide bonds. The van der Waals surface area contributed by atoms with E-state index in [1.165, 1.54) is 43.2 Å². The van der Waals surface area contributed by atoms with E-state index in [-0.39, 0.29) is 6.10 Å². The van der Waals surface area contributed by atoms with E-state index >= 15 is 0 Å². The fourth-order valence-electron chi connectivity index (χ4n) is 7.08. The Morgan fingerprint density at radius 1 is 1.17 bits per heavy atom. The molecule has 5 rings (SSSR count). The fraction of sp³-hybridized carbons (Fsp3) is 0.700. The summed E-state index contributed by atoms with van der Waals surface area (Å²) in [4.78, 5) is 0. The van der Waals surface area contributed by atoms with Gasteiger partial charge in [-0.15, -0.1) is 0 Å². The summed E-state index contributed by atoms with van der Waals surface area (Å²) < 4.78 is 5.52. The number of benzene rings is 1. The van der Waals surface area contributed by atoms with Gasteiger partial charge in [0.15, 0.2) is 0 Å². The number of fused-ring (bicyclic) bond motifs is 2. The highest BCUT2D eigenvalue weighted by Crippen LogP contribution is 2.85. The second kappa shape index (κ2) is 4.52. The lowest BCUT2D eigenvalue weighted by Crippen LogP contribution is -2.38. The maximum atomic E-state index is 10.4. The lowest BCUT2D eigenvalue weighted by Gasteiger charge is -2.46. The molecule has 4 aliphatic rings. The molecule has 3 heteroatoms. The van der Waals surface area contributed by atoms with Crippen LogP contribution in [-0.4, -0.2) is 30.0 Å². The molecule has 2 N–H and O–H groups in total. The van der Waals surface area contributed by atoms with Gasteiger partial charge in [0.1, 0.15) is 5.75 Å². The number of hydrogen-bond donors (Lipinski definition) is 2. The van der Waals surface area contributed by atoms with Crippen LogP contribution in [0.2, 0.25) is 0 Å². The van der Waals surface area contributed by atoms with Crippen LogP contribution in [0.1, 0.15) is 61.5 Å². The first-order chi connectivity index (χ1) is 11.1. The van der Waals surface area contributed by atoms with Crippen LogP contribution in [0.3, 0.4) is 0 Å². The number of methoxy groups -OCH3 is 1. The van der Waals surface area contributed by atoms with Crippen molar-refractivity contribution in [2.45, 2.75) is 56.5 Å². The van der Waals surface area contributed by atoms with Gasteiger partial charge in [-0.2, -0.15) is 0 Å². The molecular weight excluding hydrogens is 288 g/mol. The summed E-state index contributed by atoms with van der Waals surface area (Å²) in [5.74, 6) is 1.90. The molecule has 23 heavy (non-hydrogen) atoms. The Bertz CT molecular complexity index is 656. The second-order valence-corrected chi connectivity index (χ2v) is 8.50. The van der Waals surface area contributed by atoms with Crippen molar-refractivity contribution in [3.8, 4) is 5.75 Å². The zero-order valence-electron chi connectivity index (χ0n) is 13.8. The molecule has 0 radical (unpaired) electrons. The number of phenolic OH excluding ortho intramolecular Hbond substituents is 1. The normalized spacial score (nSPS) is 46.5. The first-order valence-corrected chi connectivity index (χ1v) is 9.11. The molecule has 6 unspecified atom stereocenters. The molecule has 3 nitrogen and oxygen atoms in total. The van der Waals surface area contributed by atoms with Gasteiger partial charge < -0.3 is 14.9 Å². The minimum absolute atomic E-state index is 0.0718. The minimum atomic E-state index is -0.0718. The van der Waals surface area contributed by atoms with Gasteiger partial charge in [0.25, 0.3) is 0 Å². The second-order valence-electron chi connectivity index (χ2n) is 8.50. The summed E-state index contributed by atoms with van der Waals surface area (Å²) in [5, 5.41) is 20.4. The largest absolute Gasteiger partial charge is 0.508 e. The van der Waals surface area contributed by atoms with Gasteiger partial charge in [-0.25, -0.2) is 0 Å². The Morgan fingerprint density at radius 2 is 2.04 bits per heavy atom. The van der Waals surface area contributed by atoms with Gasteiger partial charge in [0.2, 0.25) is 0 Å². The van der Waals surface area contributed by atoms with Crippen molar-refractivity contribution in [1.29, 1.82) is 0 Å². The highest BCUT2D eigenvalue weighted by atomic mass is 16.5. The molecule has 3 saturated carbocycles. The molecule has 0 saturated heterocycles. The molecule has 3 fully saturated rings. The van der Waals surface area contributed by atoms with Crippen molar-refractivity contribution in [2.24, 2.45) is 16.7 Å². The first-order valence-electron chi connectivity index (χ1n) is 9.11. The molecule has 0 bridgehead atoms. The molecule has 4 aliphatic carbocycles. The summed E-state index contributed by atoms with van der Waals surface area (Å²) >= 11 is 0. The van der Waals surface area contributed by atoms with E-state index in [2.05, 4.69) is 6.07 Å². The van der Waals surface area contributed by atoms with Crippen LogP contribution in [0, 0.1) is 16.7 Å². The summed E-state index contributed by atoms with van der Waals surface area (Å²) in [5.41, 5.74) is 3.55. The zero-order chi connectivity index (χ0) is 15.8. The van der Waals surface area contributed by atoms with Gasteiger partial charge in [-0.1, -0.05) is 6.07 Å². The number of aliphatic hydroxyl groups is 1. The van der Waals surface area contributed by atoms with Crippen molar-refractivity contribution in [1.82, 2.24) is 0 Å². The average molecular weight is 314 g/mol. The van der Waals surface area contributed by atoms with Crippen molar-refractivity contribution >= 4 is 0 Å². The molecule has 6 atom stereocenters. The third-order valence-corrected chi connectivity index (χ3v) is 7.86. The molecule has 0 heterocycles. The predicted octanol–water partition coefficient (Wildman–Crippen LogP) is 3.55. The van der Waals surface area contributed by atoms with Crippen molar-refractivity contribution in [3.63, 3.8) is 0 Å². The zero-order valence-corrected chi connectivity index (χ0v) is 13.8. The molecule has 0 aromatic heterocycles. The van der Waals surface area contributed by atoms with E-state index in [9.17, 15) is 10.2 Å². The first kappa shape index (κ1) is 14.3. The van der Waals surface area contributed by atoms with Crippen LogP contribution in [0.5, 0.6) is 5.75 Å². The number of ether oxygens (including phenoxy) is 1. The van der Waals surface area contributed by atoms with E-state index in [1.807, 2.05) is 12.1 Å². The van der Waals surface area contributed by atoms with Crippen LogP contribution >= 0.6 is 0 Å². The molecule has 0 aliphatic heterocycles. The predicted molar refractivity (Wildman–Crippen MR) is 87.5 cm³/mol. The Hall–Kier alpha value is -1.06. The monoisotopic (exact) mass is 314 g/mol. The van der Waals surface area contributed by atoms with Crippen LogP contribution in [0.15, 0.2) is 18.2 Å². The number of phenols is 1. The smallest absolute Gasteiger partial charge is 0.115 e. The standard InChI is InChI=1S/C20H26O3/c1-23-10-12-9-20-11-19(20)7-6-18(22)17(19)5-4-16(20)14-3-2-13(21)8-15(12)14/h2-3,8,12,16-18,21-22H,4-7,9-11H2,1H3. The third kappa shape index (κ3) is 1.63. The Morgan fingerprint density at radius 3 is 2.87 bits per heavy atom. The van der Waals surface area contributed by atoms with E-state index in [1.54, 1.807) is 7.11 Å². The number of aliphatic hydroxyl groups excluding tert-OH is 1. The Kier molecular flexibility index (Phi) is 2.81. The Balaban J connectivity index is 1.61. The highest BCUT2D eigenvalue weighted by molar-refractivity contribution is 5.47. The summed E-state index contributed by atoms with van der Waals surface area (Å²) in [6.07, 6.45) is 6.97. The maximum Gasteiger partial charge on any atom is 0.115 e. The van der Waals surface area contributed by atoms with E-state index in [0.717, 1.165) is 13.0 Å². The minimum Gasteiger partial charge on any atom is -0.508 e. The molecule has 1 aromatic rings. The van der Waals surface area contributed by atoms with Crippen LogP contribution in [0.4, 0.5) is 0 Å². The summed E-state index contributed by atoms with van der Waals surface area (Å²) in [6.45, 7) is 0.730. The number of aromatic hydroxyl groups is 1. The van der Waals surface area contributed by atoms with Crippen molar-refractivity contribution in [2.75, 3.05) is 13.7 Å².